The Morgan fingerprint density at radius 2 is 1.79 bits per heavy atom. The second kappa shape index (κ2) is 7.56. The Morgan fingerprint density at radius 3 is 2.42 bits per heavy atom. The van der Waals surface area contributed by atoms with E-state index < -0.39 is 0 Å². The lowest BCUT2D eigenvalue weighted by Crippen LogP contribution is -2.17. The van der Waals surface area contributed by atoms with Gasteiger partial charge in [-0.25, -0.2) is 4.79 Å². The van der Waals surface area contributed by atoms with Crippen molar-refractivity contribution < 1.29 is 14.3 Å². The third kappa shape index (κ3) is 4.25. The second-order valence-electron chi connectivity index (χ2n) is 4.61. The molecule has 0 amide bonds. The second-order valence-corrected chi connectivity index (χ2v) is 6.89. The van der Waals surface area contributed by atoms with Gasteiger partial charge in [-0.05, 0) is 43.5 Å². The van der Waals surface area contributed by atoms with Crippen molar-refractivity contribution in [3.63, 3.8) is 0 Å². The summed E-state index contributed by atoms with van der Waals surface area (Å²) in [6.07, 6.45) is 4.04. The lowest BCUT2D eigenvalue weighted by Gasteiger charge is -2.13. The molecule has 0 unspecified atom stereocenters. The molecular weight excluding hydrogens is 260 g/mol. The minimum absolute atomic E-state index is 0.268. The fourth-order valence-electron chi connectivity index (χ4n) is 2.15. The van der Waals surface area contributed by atoms with Gasteiger partial charge in [0, 0.05) is 18.0 Å². The zero-order valence-electron chi connectivity index (χ0n) is 11.4. The molecule has 0 spiro atoms. The molecule has 3 nitrogen and oxygen atoms in total. The zero-order valence-corrected chi connectivity index (χ0v) is 12.2. The molecule has 0 N–H and O–H groups in total. The van der Waals surface area contributed by atoms with Crippen LogP contribution in [-0.2, 0) is 20.4 Å². The molecule has 0 atom stereocenters. The Labute approximate surface area is 117 Å². The van der Waals surface area contributed by atoms with Crippen LogP contribution in [0.25, 0.3) is 0 Å². The molecule has 104 valence electrons. The average Bonchev–Trinajstić information content (AvgIpc) is 2.48. The van der Waals surface area contributed by atoms with E-state index in [-0.39, 0.29) is 5.97 Å². The van der Waals surface area contributed by atoms with E-state index in [1.54, 1.807) is 7.11 Å². The number of carbonyl (C=O) groups is 1. The van der Waals surface area contributed by atoms with E-state index in [4.69, 9.17) is 9.47 Å². The van der Waals surface area contributed by atoms with Crippen LogP contribution < -0.4 is 0 Å². The first-order chi connectivity index (χ1) is 9.31. The van der Waals surface area contributed by atoms with E-state index in [2.05, 4.69) is 12.1 Å². The Morgan fingerprint density at radius 1 is 1.11 bits per heavy atom. The quantitative estimate of drug-likeness (QED) is 0.473. The summed E-state index contributed by atoms with van der Waals surface area (Å²) < 4.78 is 9.94. The molecule has 0 aliphatic carbocycles. The number of ether oxygens (including phenoxy) is 2. The first kappa shape index (κ1) is 14.4. The van der Waals surface area contributed by atoms with Crippen molar-refractivity contribution in [1.82, 2.24) is 0 Å². The number of hydrogen-bond donors (Lipinski definition) is 0. The van der Waals surface area contributed by atoms with Crippen molar-refractivity contribution >= 4 is 16.9 Å². The summed E-state index contributed by atoms with van der Waals surface area (Å²) in [6.45, 7) is 0.745. The van der Waals surface area contributed by atoms with Crippen LogP contribution in [0.4, 0.5) is 0 Å². The van der Waals surface area contributed by atoms with Gasteiger partial charge in [-0.2, -0.15) is 0 Å². The Kier molecular flexibility index (Phi) is 5.73. The molecular formula is C15H21O3S+. The van der Waals surface area contributed by atoms with Gasteiger partial charge in [0.15, 0.2) is 4.90 Å². The fourth-order valence-corrected chi connectivity index (χ4v) is 4.45. The van der Waals surface area contributed by atoms with Gasteiger partial charge in [0.2, 0.25) is 0 Å². The maximum Gasteiger partial charge on any atom is 0.338 e. The molecule has 1 aliphatic heterocycles. The number of hydrogen-bond acceptors (Lipinski definition) is 3. The number of methoxy groups -OCH3 is 1. The minimum Gasteiger partial charge on any atom is -0.460 e. The van der Waals surface area contributed by atoms with Crippen molar-refractivity contribution in [1.29, 1.82) is 0 Å². The Hall–Kier alpha value is -1.00. The molecule has 4 heteroatoms. The van der Waals surface area contributed by atoms with Crippen LogP contribution in [0.3, 0.4) is 0 Å². The van der Waals surface area contributed by atoms with E-state index in [1.807, 2.05) is 12.1 Å². The van der Waals surface area contributed by atoms with Crippen LogP contribution in [0.5, 0.6) is 0 Å². The molecule has 1 aromatic rings. The van der Waals surface area contributed by atoms with Gasteiger partial charge in [0.1, 0.15) is 18.1 Å². The predicted molar refractivity (Wildman–Crippen MR) is 77.8 cm³/mol. The van der Waals surface area contributed by atoms with Gasteiger partial charge < -0.3 is 9.47 Å². The fraction of sp³-hybridized carbons (Fsp3) is 0.533. The third-order valence-corrected chi connectivity index (χ3v) is 5.73. The van der Waals surface area contributed by atoms with Crippen LogP contribution in [0.15, 0.2) is 29.2 Å². The topological polar surface area (TPSA) is 35.5 Å². The van der Waals surface area contributed by atoms with Crippen molar-refractivity contribution in [3.8, 4) is 0 Å². The van der Waals surface area contributed by atoms with Crippen LogP contribution in [0.2, 0.25) is 0 Å². The smallest absolute Gasteiger partial charge is 0.338 e. The standard InChI is InChI=1S/C15H21O3S/c1-17-9-10-18-15(16)13-5-7-14(8-6-13)19-11-3-2-4-12-19/h5-8H,2-4,9-12H2,1H3/q+1. The summed E-state index contributed by atoms with van der Waals surface area (Å²) in [5.74, 6) is 2.34. The van der Waals surface area contributed by atoms with Gasteiger partial charge in [-0.1, -0.05) is 0 Å². The normalized spacial score (nSPS) is 16.3. The van der Waals surface area contributed by atoms with Crippen molar-refractivity contribution in [2.75, 3.05) is 31.8 Å². The number of esters is 1. The lowest BCUT2D eigenvalue weighted by molar-refractivity contribution is 0.0388. The van der Waals surface area contributed by atoms with Gasteiger partial charge in [0.05, 0.1) is 12.2 Å². The van der Waals surface area contributed by atoms with Gasteiger partial charge in [-0.3, -0.25) is 0 Å². The highest BCUT2D eigenvalue weighted by atomic mass is 32.2. The van der Waals surface area contributed by atoms with E-state index in [1.165, 1.54) is 35.7 Å². The molecule has 0 bridgehead atoms. The van der Waals surface area contributed by atoms with E-state index >= 15 is 0 Å². The first-order valence-electron chi connectivity index (χ1n) is 6.75. The number of carbonyl (C=O) groups excluding carboxylic acids is 1. The maximum atomic E-state index is 11.7. The van der Waals surface area contributed by atoms with Crippen molar-refractivity contribution in [3.05, 3.63) is 29.8 Å². The van der Waals surface area contributed by atoms with Crippen LogP contribution in [0.1, 0.15) is 29.6 Å². The molecule has 2 rings (SSSR count). The summed E-state index contributed by atoms with van der Waals surface area (Å²) in [5, 5.41) is 0. The van der Waals surface area contributed by atoms with Crippen LogP contribution >= 0.6 is 0 Å². The highest BCUT2D eigenvalue weighted by molar-refractivity contribution is 7.96. The molecule has 0 aromatic heterocycles. The minimum atomic E-state index is -0.268. The van der Waals surface area contributed by atoms with Gasteiger partial charge in [-0.15, -0.1) is 0 Å². The SMILES string of the molecule is COCCOC(=O)c1ccc([S+]2CCCCC2)cc1. The molecule has 19 heavy (non-hydrogen) atoms. The molecule has 1 fully saturated rings. The van der Waals surface area contributed by atoms with Crippen LogP contribution in [-0.4, -0.2) is 37.8 Å². The predicted octanol–water partition coefficient (Wildman–Crippen LogP) is 2.65. The van der Waals surface area contributed by atoms with Gasteiger partial charge in [0.25, 0.3) is 0 Å². The van der Waals surface area contributed by atoms with E-state index in [0.29, 0.717) is 29.7 Å². The first-order valence-corrected chi connectivity index (χ1v) is 8.31. The number of rotatable bonds is 5. The zero-order chi connectivity index (χ0) is 13.5. The van der Waals surface area contributed by atoms with Crippen LogP contribution in [0, 0.1) is 0 Å². The summed E-state index contributed by atoms with van der Waals surface area (Å²) >= 11 is 0. The maximum absolute atomic E-state index is 11.7. The molecule has 1 aromatic carbocycles. The Balaban J connectivity index is 1.91. The highest BCUT2D eigenvalue weighted by Gasteiger charge is 2.24. The molecule has 0 saturated carbocycles. The Bertz CT molecular complexity index is 396. The highest BCUT2D eigenvalue weighted by Crippen LogP contribution is 2.22. The monoisotopic (exact) mass is 281 g/mol. The summed E-state index contributed by atoms with van der Waals surface area (Å²) in [6, 6.07) is 7.93. The molecule has 1 heterocycles. The van der Waals surface area contributed by atoms with E-state index in [9.17, 15) is 4.79 Å². The summed E-state index contributed by atoms with van der Waals surface area (Å²) in [7, 11) is 1.98. The summed E-state index contributed by atoms with van der Waals surface area (Å²) in [4.78, 5) is 13.1. The largest absolute Gasteiger partial charge is 0.460 e. The number of benzene rings is 1. The molecule has 1 saturated heterocycles. The molecule has 0 radical (unpaired) electrons. The molecule has 1 aliphatic rings. The third-order valence-electron chi connectivity index (χ3n) is 3.23. The van der Waals surface area contributed by atoms with Crippen molar-refractivity contribution in [2.45, 2.75) is 24.2 Å². The van der Waals surface area contributed by atoms with Crippen molar-refractivity contribution in [2.24, 2.45) is 0 Å². The lowest BCUT2D eigenvalue weighted by atomic mass is 10.2. The summed E-state index contributed by atoms with van der Waals surface area (Å²) in [5.41, 5.74) is 0.625. The average molecular weight is 281 g/mol. The van der Waals surface area contributed by atoms with Gasteiger partial charge >= 0.3 is 5.97 Å². The van der Waals surface area contributed by atoms with E-state index in [0.717, 1.165) is 0 Å².